The van der Waals surface area contributed by atoms with Crippen LogP contribution in [-0.2, 0) is 40.4 Å². The summed E-state index contributed by atoms with van der Waals surface area (Å²) in [7, 11) is 0. The van der Waals surface area contributed by atoms with E-state index in [4.69, 9.17) is 10.5 Å². The van der Waals surface area contributed by atoms with Crippen molar-refractivity contribution in [2.24, 2.45) is 5.73 Å². The molecular weight excluding hydrogens is 468 g/mol. The monoisotopic (exact) mass is 506 g/mol. The number of aryl methyl sites for hydroxylation is 1. The van der Waals surface area contributed by atoms with E-state index in [-0.39, 0.29) is 25.8 Å². The zero-order valence-corrected chi connectivity index (χ0v) is 20.9. The lowest BCUT2D eigenvalue weighted by Crippen LogP contribution is -2.51. The van der Waals surface area contributed by atoms with Gasteiger partial charge in [-0.05, 0) is 31.4 Å². The average molecular weight is 507 g/mol. The van der Waals surface area contributed by atoms with Crippen LogP contribution in [0.15, 0.2) is 60.7 Å². The van der Waals surface area contributed by atoms with E-state index in [0.29, 0.717) is 50.7 Å². The predicted molar refractivity (Wildman–Crippen MR) is 142 cm³/mol. The second-order valence-corrected chi connectivity index (χ2v) is 9.68. The Labute approximate surface area is 219 Å². The van der Waals surface area contributed by atoms with Crippen molar-refractivity contribution in [3.63, 3.8) is 0 Å². The highest BCUT2D eigenvalue weighted by Crippen LogP contribution is 2.20. The lowest BCUT2D eigenvalue weighted by molar-refractivity contribution is -0.132. The van der Waals surface area contributed by atoms with Gasteiger partial charge in [0.25, 0.3) is 0 Å². The van der Waals surface area contributed by atoms with Crippen LogP contribution in [0.5, 0.6) is 0 Å². The highest BCUT2D eigenvalue weighted by Gasteiger charge is 2.31. The molecule has 4 rings (SSSR count). The summed E-state index contributed by atoms with van der Waals surface area (Å²) in [5.74, 6) is 1.09. The molecule has 1 aliphatic rings. The van der Waals surface area contributed by atoms with Crippen LogP contribution >= 0.6 is 0 Å². The number of hydrogen-bond donors (Lipinski definition) is 2. The third-order valence-corrected chi connectivity index (χ3v) is 6.20. The van der Waals surface area contributed by atoms with Crippen LogP contribution in [0.25, 0.3) is 0 Å². The third kappa shape index (κ3) is 7.47. The molecular formula is C28H38N6O3. The number of carbonyl (C=O) groups excluding carboxylic acids is 2. The summed E-state index contributed by atoms with van der Waals surface area (Å²) in [5.41, 5.74) is 7.15. The minimum atomic E-state index is -1.05. The molecule has 0 spiro atoms. The second kappa shape index (κ2) is 12.6. The molecule has 0 saturated carbocycles. The molecule has 2 amide bonds. The smallest absolute Gasteiger partial charge is 0.240 e. The van der Waals surface area contributed by atoms with E-state index >= 15 is 0 Å². The van der Waals surface area contributed by atoms with Crippen molar-refractivity contribution in [1.82, 2.24) is 25.0 Å². The van der Waals surface area contributed by atoms with Gasteiger partial charge >= 0.3 is 0 Å². The number of nitrogens with two attached hydrogens (primary N) is 1. The Bertz CT molecular complexity index is 1160. The SMILES string of the molecule is C.CC(C)(N)C(=O)N[C@H](COCc1ccccc1)c1nnc2n1CCN(C(=O)CCc1ccccc1)C2. The summed E-state index contributed by atoms with van der Waals surface area (Å²) in [6.45, 7) is 5.42. The molecule has 0 unspecified atom stereocenters. The molecule has 0 saturated heterocycles. The van der Waals surface area contributed by atoms with E-state index in [2.05, 4.69) is 15.5 Å². The van der Waals surface area contributed by atoms with E-state index in [1.165, 1.54) is 0 Å². The van der Waals surface area contributed by atoms with Crippen LogP contribution in [0.1, 0.15) is 56.5 Å². The predicted octanol–water partition coefficient (Wildman–Crippen LogP) is 3.00. The maximum Gasteiger partial charge on any atom is 0.240 e. The van der Waals surface area contributed by atoms with Gasteiger partial charge in [-0.1, -0.05) is 68.1 Å². The lowest BCUT2D eigenvalue weighted by atomic mass is 10.1. The van der Waals surface area contributed by atoms with Gasteiger partial charge in [0.15, 0.2) is 11.6 Å². The van der Waals surface area contributed by atoms with Gasteiger partial charge in [0.2, 0.25) is 11.8 Å². The number of aromatic nitrogens is 3. The van der Waals surface area contributed by atoms with Crippen LogP contribution in [-0.4, -0.2) is 50.2 Å². The number of amides is 2. The minimum Gasteiger partial charge on any atom is -0.374 e. The van der Waals surface area contributed by atoms with Crippen LogP contribution in [0.2, 0.25) is 0 Å². The number of hydrogen-bond acceptors (Lipinski definition) is 6. The highest BCUT2D eigenvalue weighted by atomic mass is 16.5. The Hall–Kier alpha value is -3.56. The third-order valence-electron chi connectivity index (χ3n) is 6.20. The van der Waals surface area contributed by atoms with Gasteiger partial charge < -0.3 is 25.3 Å². The molecule has 37 heavy (non-hydrogen) atoms. The van der Waals surface area contributed by atoms with Gasteiger partial charge in [0.05, 0.1) is 25.3 Å². The first-order valence-electron chi connectivity index (χ1n) is 12.3. The molecule has 9 heteroatoms. The van der Waals surface area contributed by atoms with E-state index in [1.807, 2.05) is 70.1 Å². The van der Waals surface area contributed by atoms with Crippen LogP contribution < -0.4 is 11.1 Å². The first-order chi connectivity index (χ1) is 17.3. The highest BCUT2D eigenvalue weighted by molar-refractivity contribution is 5.85. The van der Waals surface area contributed by atoms with Gasteiger partial charge in [0.1, 0.15) is 6.04 Å². The Morgan fingerprint density at radius 2 is 1.68 bits per heavy atom. The van der Waals surface area contributed by atoms with Crippen molar-refractivity contribution < 1.29 is 14.3 Å². The second-order valence-electron chi connectivity index (χ2n) is 9.68. The van der Waals surface area contributed by atoms with Crippen LogP contribution in [0.3, 0.4) is 0 Å². The summed E-state index contributed by atoms with van der Waals surface area (Å²) in [6.07, 6.45) is 1.15. The van der Waals surface area contributed by atoms with Crippen molar-refractivity contribution in [2.75, 3.05) is 13.2 Å². The Morgan fingerprint density at radius 1 is 1.03 bits per heavy atom. The molecule has 3 aromatic rings. The number of fused-ring (bicyclic) bond motifs is 1. The zero-order valence-electron chi connectivity index (χ0n) is 20.9. The van der Waals surface area contributed by atoms with Gasteiger partial charge in [-0.25, -0.2) is 0 Å². The maximum absolute atomic E-state index is 12.8. The molecule has 0 radical (unpaired) electrons. The first kappa shape index (κ1) is 28.0. The van der Waals surface area contributed by atoms with Crippen molar-refractivity contribution in [2.45, 2.75) is 65.4 Å². The first-order valence-corrected chi connectivity index (χ1v) is 12.3. The molecule has 0 fully saturated rings. The van der Waals surface area contributed by atoms with Crippen molar-refractivity contribution in [1.29, 1.82) is 0 Å². The van der Waals surface area contributed by atoms with Crippen LogP contribution in [0, 0.1) is 0 Å². The minimum absolute atomic E-state index is 0. The van der Waals surface area contributed by atoms with Gasteiger partial charge in [-0.2, -0.15) is 0 Å². The standard InChI is InChI=1S/C27H34N6O3.CH4/c1-27(2,28)26(35)29-22(19-36-18-21-11-7-4-8-12-21)25-31-30-23-17-32(15-16-33(23)25)24(34)14-13-20-9-5-3-6-10-20;/h3-12,22H,13-19,28H2,1-2H3,(H,29,35);1H4/t22-;/m1./s1. The average Bonchev–Trinajstić information content (AvgIpc) is 3.30. The summed E-state index contributed by atoms with van der Waals surface area (Å²) in [5, 5.41) is 11.7. The number of nitrogens with one attached hydrogen (secondary N) is 1. The summed E-state index contributed by atoms with van der Waals surface area (Å²) < 4.78 is 7.92. The topological polar surface area (TPSA) is 115 Å². The number of rotatable bonds is 10. The lowest BCUT2D eigenvalue weighted by Gasteiger charge is -2.30. The van der Waals surface area contributed by atoms with E-state index in [1.54, 1.807) is 13.8 Å². The Kier molecular flexibility index (Phi) is 9.54. The number of benzene rings is 2. The van der Waals surface area contributed by atoms with Gasteiger partial charge in [-0.3, -0.25) is 9.59 Å². The molecule has 9 nitrogen and oxygen atoms in total. The molecule has 0 aliphatic carbocycles. The van der Waals surface area contributed by atoms with E-state index in [0.717, 1.165) is 11.1 Å². The molecule has 1 aliphatic heterocycles. The normalized spacial score (nSPS) is 13.9. The van der Waals surface area contributed by atoms with Crippen molar-refractivity contribution in [3.8, 4) is 0 Å². The summed E-state index contributed by atoms with van der Waals surface area (Å²) >= 11 is 0. The van der Waals surface area contributed by atoms with Gasteiger partial charge in [0, 0.05) is 19.5 Å². The molecule has 2 heterocycles. The quantitative estimate of drug-likeness (QED) is 0.437. The van der Waals surface area contributed by atoms with Crippen LogP contribution in [0.4, 0.5) is 0 Å². The fourth-order valence-electron chi connectivity index (χ4n) is 4.10. The van der Waals surface area contributed by atoms with E-state index in [9.17, 15) is 9.59 Å². The number of nitrogens with zero attached hydrogens (tertiary/aromatic N) is 4. The fraction of sp³-hybridized carbons (Fsp3) is 0.429. The zero-order chi connectivity index (χ0) is 25.5. The number of ether oxygens (including phenoxy) is 1. The maximum atomic E-state index is 12.8. The molecule has 198 valence electrons. The summed E-state index contributed by atoms with van der Waals surface area (Å²) in [6, 6.07) is 19.3. The van der Waals surface area contributed by atoms with Crippen molar-refractivity contribution >= 4 is 11.8 Å². The molecule has 2 aromatic carbocycles. The molecule has 1 aromatic heterocycles. The Morgan fingerprint density at radius 3 is 2.32 bits per heavy atom. The molecule has 0 bridgehead atoms. The molecule has 1 atom stereocenters. The Balaban J connectivity index is 0.00000380. The largest absolute Gasteiger partial charge is 0.374 e. The van der Waals surface area contributed by atoms with Crippen molar-refractivity contribution in [3.05, 3.63) is 83.4 Å². The summed E-state index contributed by atoms with van der Waals surface area (Å²) in [4.78, 5) is 27.3. The fourth-order valence-corrected chi connectivity index (χ4v) is 4.10. The van der Waals surface area contributed by atoms with E-state index < -0.39 is 11.6 Å². The molecule has 3 N–H and O–H groups in total. The number of carbonyl (C=O) groups is 2. The van der Waals surface area contributed by atoms with Gasteiger partial charge in [-0.15, -0.1) is 10.2 Å².